The molecule has 4 heteroatoms. The highest BCUT2D eigenvalue weighted by Crippen LogP contribution is 2.63. The first-order valence-electron chi connectivity index (χ1n) is 19.7. The van der Waals surface area contributed by atoms with Crippen LogP contribution in [0.1, 0.15) is 52.4 Å². The van der Waals surface area contributed by atoms with Gasteiger partial charge in [0.1, 0.15) is 29.3 Å². The van der Waals surface area contributed by atoms with Crippen LogP contribution in [-0.4, -0.2) is 11.7 Å². The van der Waals surface area contributed by atoms with Gasteiger partial charge in [-0.3, -0.25) is 0 Å². The highest BCUT2D eigenvalue weighted by atomic mass is 16.5. The molecule has 4 nitrogen and oxygen atoms in total. The summed E-state index contributed by atoms with van der Waals surface area (Å²) < 4.78 is 6.78. The number of amidine groups is 2. The zero-order valence-electron chi connectivity index (χ0n) is 30.8. The Balaban J connectivity index is 0.995. The molecule has 0 saturated carbocycles. The van der Waals surface area contributed by atoms with Gasteiger partial charge in [0.15, 0.2) is 0 Å². The van der Waals surface area contributed by atoms with E-state index in [-0.39, 0.29) is 12.1 Å². The summed E-state index contributed by atoms with van der Waals surface area (Å²) in [6.45, 7) is 0. The number of aliphatic imine (C=N–C) groups is 2. The zero-order valence-corrected chi connectivity index (χ0v) is 30.8. The van der Waals surface area contributed by atoms with E-state index >= 15 is 0 Å². The van der Waals surface area contributed by atoms with Crippen molar-refractivity contribution in [2.24, 2.45) is 21.8 Å². The van der Waals surface area contributed by atoms with Crippen LogP contribution < -0.4 is 10.1 Å². The molecule has 0 saturated heterocycles. The number of fused-ring (bicyclic) bond motifs is 9. The van der Waals surface area contributed by atoms with E-state index in [4.69, 9.17) is 14.7 Å². The minimum absolute atomic E-state index is 0.108. The Hall–Kier alpha value is -6.78. The Bertz CT molecular complexity index is 2670. The molecule has 0 amide bonds. The first-order valence-corrected chi connectivity index (χ1v) is 19.7. The third-order valence-electron chi connectivity index (χ3n) is 12.1. The molecule has 268 valence electrons. The summed E-state index contributed by atoms with van der Waals surface area (Å²) in [5.74, 6) is 4.02. The summed E-state index contributed by atoms with van der Waals surface area (Å²) in [4.78, 5) is 10.4. The van der Waals surface area contributed by atoms with Crippen molar-refractivity contribution in [3.63, 3.8) is 0 Å². The first-order chi connectivity index (χ1) is 27.8. The second-order valence-electron chi connectivity index (χ2n) is 15.2. The molecule has 3 atom stereocenters. The van der Waals surface area contributed by atoms with E-state index < -0.39 is 5.41 Å². The minimum atomic E-state index is -0.540. The van der Waals surface area contributed by atoms with Crippen LogP contribution in [0.4, 0.5) is 0 Å². The number of rotatable bonds is 5. The number of para-hydroxylation sites is 1. The van der Waals surface area contributed by atoms with Crippen LogP contribution in [0.25, 0.3) is 22.3 Å². The van der Waals surface area contributed by atoms with Crippen molar-refractivity contribution < 1.29 is 4.74 Å². The van der Waals surface area contributed by atoms with E-state index in [0.29, 0.717) is 5.92 Å². The fourth-order valence-corrected chi connectivity index (χ4v) is 9.48. The highest BCUT2D eigenvalue weighted by molar-refractivity contribution is 6.09. The molecule has 0 bridgehead atoms. The van der Waals surface area contributed by atoms with Gasteiger partial charge in [0, 0.05) is 28.5 Å². The number of hydrogen-bond acceptors (Lipinski definition) is 4. The van der Waals surface area contributed by atoms with Gasteiger partial charge in [0.05, 0.1) is 5.41 Å². The van der Waals surface area contributed by atoms with E-state index in [1.54, 1.807) is 0 Å². The summed E-state index contributed by atoms with van der Waals surface area (Å²) in [6, 6.07) is 52.2. The van der Waals surface area contributed by atoms with Gasteiger partial charge in [-0.05, 0) is 69.5 Å². The predicted molar refractivity (Wildman–Crippen MR) is 227 cm³/mol. The van der Waals surface area contributed by atoms with Crippen LogP contribution in [0.2, 0.25) is 0 Å². The second kappa shape index (κ2) is 13.2. The summed E-state index contributed by atoms with van der Waals surface area (Å²) in [6.07, 6.45) is 17.5. The quantitative estimate of drug-likeness (QED) is 0.192. The monoisotopic (exact) mass is 721 g/mol. The van der Waals surface area contributed by atoms with Gasteiger partial charge >= 0.3 is 0 Å². The number of allylic oxidation sites excluding steroid dienone is 7. The fraction of sp³-hybridized carbons (Fsp3) is 0.115. The molecule has 1 spiro atoms. The Kier molecular flexibility index (Phi) is 7.70. The van der Waals surface area contributed by atoms with Crippen LogP contribution in [0, 0.1) is 11.8 Å². The van der Waals surface area contributed by atoms with Gasteiger partial charge in [-0.25, -0.2) is 9.98 Å². The molecule has 11 rings (SSSR count). The van der Waals surface area contributed by atoms with Crippen molar-refractivity contribution in [2.75, 3.05) is 0 Å². The largest absolute Gasteiger partial charge is 0.457 e. The van der Waals surface area contributed by atoms with Crippen molar-refractivity contribution >= 4 is 11.7 Å². The van der Waals surface area contributed by atoms with Crippen molar-refractivity contribution in [3.8, 4) is 33.8 Å². The molecule has 5 aliphatic rings. The third-order valence-corrected chi connectivity index (χ3v) is 12.1. The second-order valence-corrected chi connectivity index (χ2v) is 15.2. The molecule has 56 heavy (non-hydrogen) atoms. The van der Waals surface area contributed by atoms with E-state index in [2.05, 4.69) is 193 Å². The van der Waals surface area contributed by atoms with Gasteiger partial charge in [-0.15, -0.1) is 0 Å². The minimum Gasteiger partial charge on any atom is -0.457 e. The lowest BCUT2D eigenvalue weighted by Crippen LogP contribution is -2.35. The standard InChI is InChI=1S/C52H39N3O/c1-3-14-34(15-4-1)35-26-30-38(31-27-35)50-53-49(37-16-5-2-6-17-37)54-51(55-50)39-32-28-36(29-33-39)40-20-13-25-47-48(40)52(45-23-11-12-24-46(45)56-47)43-21-9-7-18-41(43)42-19-8-10-22-44(42)52/h1-14,16-30,32-34,38,49H,15,31H2,(H,53,54,55). The normalized spacial score (nSPS) is 20.7. The Labute approximate surface area is 327 Å². The van der Waals surface area contributed by atoms with Crippen LogP contribution in [0.3, 0.4) is 0 Å². The van der Waals surface area contributed by atoms with E-state index in [9.17, 15) is 0 Å². The number of ether oxygens (including phenoxy) is 1. The van der Waals surface area contributed by atoms with Crippen molar-refractivity contribution in [1.82, 2.24) is 5.32 Å². The smallest absolute Gasteiger partial charge is 0.147 e. The SMILES string of the molecule is C1=CCC(C2=CCC(C3=NC(c4ccccc4)NC(c4ccc(-c5cccc6c5C5(c7ccccc7O6)c6ccccc6-c6ccccc65)cc4)=N3)C=C2)C=C1. The van der Waals surface area contributed by atoms with Gasteiger partial charge in [0.2, 0.25) is 0 Å². The van der Waals surface area contributed by atoms with E-state index in [1.807, 2.05) is 0 Å². The van der Waals surface area contributed by atoms with E-state index in [0.717, 1.165) is 58.3 Å². The molecule has 0 radical (unpaired) electrons. The molecule has 1 N–H and O–H groups in total. The average molecular weight is 722 g/mol. The van der Waals surface area contributed by atoms with Crippen LogP contribution in [0.5, 0.6) is 11.5 Å². The van der Waals surface area contributed by atoms with Gasteiger partial charge in [0.25, 0.3) is 0 Å². The molecule has 2 heterocycles. The van der Waals surface area contributed by atoms with Gasteiger partial charge in [-0.2, -0.15) is 0 Å². The number of nitrogens with zero attached hydrogens (tertiary/aromatic N) is 2. The zero-order chi connectivity index (χ0) is 37.1. The highest BCUT2D eigenvalue weighted by Gasteiger charge is 2.52. The maximum atomic E-state index is 6.78. The molecule has 3 aliphatic carbocycles. The van der Waals surface area contributed by atoms with Crippen LogP contribution in [0.15, 0.2) is 204 Å². The average Bonchev–Trinajstić information content (AvgIpc) is 3.57. The number of benzene rings is 6. The van der Waals surface area contributed by atoms with Crippen molar-refractivity contribution in [1.29, 1.82) is 0 Å². The lowest BCUT2D eigenvalue weighted by Gasteiger charge is -2.40. The Morgan fingerprint density at radius 3 is 1.98 bits per heavy atom. The summed E-state index contributed by atoms with van der Waals surface area (Å²) in [7, 11) is 0. The van der Waals surface area contributed by atoms with E-state index in [1.165, 1.54) is 39.0 Å². The Morgan fingerprint density at radius 1 is 0.571 bits per heavy atom. The Morgan fingerprint density at radius 2 is 1.25 bits per heavy atom. The summed E-state index contributed by atoms with van der Waals surface area (Å²) in [5, 5.41) is 3.68. The van der Waals surface area contributed by atoms with Crippen LogP contribution >= 0.6 is 0 Å². The maximum Gasteiger partial charge on any atom is 0.147 e. The van der Waals surface area contributed by atoms with Crippen LogP contribution in [-0.2, 0) is 5.41 Å². The lowest BCUT2D eigenvalue weighted by molar-refractivity contribution is 0.437. The molecular formula is C52H39N3O. The van der Waals surface area contributed by atoms with Gasteiger partial charge in [-0.1, -0.05) is 176 Å². The summed E-state index contributed by atoms with van der Waals surface area (Å²) in [5.41, 5.74) is 12.7. The third kappa shape index (κ3) is 5.13. The van der Waals surface area contributed by atoms with Crippen molar-refractivity contribution in [2.45, 2.75) is 24.4 Å². The molecule has 6 aromatic carbocycles. The topological polar surface area (TPSA) is 46.0 Å². The first kappa shape index (κ1) is 32.6. The predicted octanol–water partition coefficient (Wildman–Crippen LogP) is 11.9. The lowest BCUT2D eigenvalue weighted by atomic mass is 9.64. The van der Waals surface area contributed by atoms with Gasteiger partial charge < -0.3 is 10.1 Å². The molecule has 0 aromatic heterocycles. The molecule has 0 fully saturated rings. The molecule has 3 unspecified atom stereocenters. The molecule has 6 aromatic rings. The maximum absolute atomic E-state index is 6.78. The molecular weight excluding hydrogens is 683 g/mol. The number of nitrogens with one attached hydrogen (secondary N) is 1. The number of hydrogen-bond donors (Lipinski definition) is 1. The van der Waals surface area contributed by atoms with Crippen molar-refractivity contribution in [3.05, 3.63) is 227 Å². The fourth-order valence-electron chi connectivity index (χ4n) is 9.48. The summed E-state index contributed by atoms with van der Waals surface area (Å²) >= 11 is 0. The molecule has 2 aliphatic heterocycles.